The smallest absolute Gasteiger partial charge is 0.227 e. The molecule has 6 heteroatoms. The van der Waals surface area contributed by atoms with Crippen molar-refractivity contribution in [2.45, 2.75) is 25.3 Å². The third-order valence-electron chi connectivity index (χ3n) is 5.20. The van der Waals surface area contributed by atoms with Crippen molar-refractivity contribution in [1.29, 1.82) is 0 Å². The Balaban J connectivity index is 1.52. The molecule has 140 valence electrons. The molecule has 2 aromatic heterocycles. The Bertz CT molecular complexity index is 922. The Morgan fingerprint density at radius 3 is 2.93 bits per heavy atom. The molecular formula is C21H24N4O2. The molecule has 0 unspecified atom stereocenters. The highest BCUT2D eigenvalue weighted by molar-refractivity contribution is 5.79. The van der Waals surface area contributed by atoms with E-state index in [1.165, 1.54) is 0 Å². The number of hydrogen-bond acceptors (Lipinski definition) is 4. The van der Waals surface area contributed by atoms with E-state index in [-0.39, 0.29) is 11.8 Å². The van der Waals surface area contributed by atoms with Crippen LogP contribution in [0.15, 0.2) is 48.8 Å². The maximum absolute atomic E-state index is 12.7. The van der Waals surface area contributed by atoms with E-state index in [0.717, 1.165) is 48.5 Å². The van der Waals surface area contributed by atoms with Gasteiger partial charge in [-0.15, -0.1) is 0 Å². The first-order valence-corrected chi connectivity index (χ1v) is 9.37. The van der Waals surface area contributed by atoms with Crippen LogP contribution in [0, 0.1) is 0 Å². The zero-order valence-electron chi connectivity index (χ0n) is 15.5. The summed E-state index contributed by atoms with van der Waals surface area (Å²) in [5.41, 5.74) is 3.04. The highest BCUT2D eigenvalue weighted by Crippen LogP contribution is 2.29. The van der Waals surface area contributed by atoms with Gasteiger partial charge in [0.25, 0.3) is 0 Å². The van der Waals surface area contributed by atoms with Crippen molar-refractivity contribution in [1.82, 2.24) is 19.4 Å². The maximum Gasteiger partial charge on any atom is 0.227 e. The average molecular weight is 364 g/mol. The van der Waals surface area contributed by atoms with E-state index in [4.69, 9.17) is 9.72 Å². The number of pyridine rings is 1. The van der Waals surface area contributed by atoms with Crippen molar-refractivity contribution >= 4 is 16.9 Å². The molecule has 0 aliphatic carbocycles. The molecule has 3 heterocycles. The van der Waals surface area contributed by atoms with E-state index >= 15 is 0 Å². The molecule has 4 rings (SSSR count). The summed E-state index contributed by atoms with van der Waals surface area (Å²) in [7, 11) is 1.70. The number of ether oxygens (including phenoxy) is 1. The minimum absolute atomic E-state index is 0.185. The van der Waals surface area contributed by atoms with E-state index in [2.05, 4.69) is 9.55 Å². The third kappa shape index (κ3) is 3.71. The predicted octanol–water partition coefficient (Wildman–Crippen LogP) is 2.64. The number of rotatable bonds is 6. The monoisotopic (exact) mass is 364 g/mol. The van der Waals surface area contributed by atoms with Gasteiger partial charge in [-0.3, -0.25) is 9.78 Å². The van der Waals surface area contributed by atoms with Crippen molar-refractivity contribution < 1.29 is 9.53 Å². The number of nitrogens with zero attached hydrogens (tertiary/aromatic N) is 4. The molecule has 3 aromatic rings. The highest BCUT2D eigenvalue weighted by atomic mass is 16.5. The molecule has 27 heavy (non-hydrogen) atoms. The lowest BCUT2D eigenvalue weighted by atomic mass is 10.1. The second-order valence-corrected chi connectivity index (χ2v) is 6.97. The predicted molar refractivity (Wildman–Crippen MR) is 103 cm³/mol. The fourth-order valence-electron chi connectivity index (χ4n) is 3.80. The van der Waals surface area contributed by atoms with E-state index in [1.807, 2.05) is 47.5 Å². The van der Waals surface area contributed by atoms with Gasteiger partial charge in [0.2, 0.25) is 5.91 Å². The summed E-state index contributed by atoms with van der Waals surface area (Å²) < 4.78 is 7.47. The number of likely N-dealkylation sites (tertiary alicyclic amines) is 1. The van der Waals surface area contributed by atoms with Crippen LogP contribution in [0.5, 0.6) is 0 Å². The number of amides is 1. The molecule has 0 bridgehead atoms. The Hall–Kier alpha value is -2.73. The average Bonchev–Trinajstić information content (AvgIpc) is 3.32. The number of aromatic nitrogens is 3. The van der Waals surface area contributed by atoms with Crippen molar-refractivity contribution in [3.8, 4) is 0 Å². The zero-order chi connectivity index (χ0) is 18.6. The molecule has 1 aliphatic heterocycles. The lowest BCUT2D eigenvalue weighted by molar-refractivity contribution is -0.129. The SMILES string of the molecule is COCCn1c([C@@H]2CCN(C(=O)Cc3ccccc3)C2)nc2ccncc21. The Morgan fingerprint density at radius 1 is 1.26 bits per heavy atom. The van der Waals surface area contributed by atoms with Gasteiger partial charge in [0.05, 0.1) is 30.3 Å². The third-order valence-corrected chi connectivity index (χ3v) is 5.20. The van der Waals surface area contributed by atoms with Gasteiger partial charge < -0.3 is 14.2 Å². The molecule has 1 atom stereocenters. The highest BCUT2D eigenvalue weighted by Gasteiger charge is 2.30. The molecule has 1 amide bonds. The van der Waals surface area contributed by atoms with Gasteiger partial charge in [0.15, 0.2) is 0 Å². The quantitative estimate of drug-likeness (QED) is 0.675. The molecule has 0 radical (unpaired) electrons. The lowest BCUT2D eigenvalue weighted by Crippen LogP contribution is -2.30. The second kappa shape index (κ2) is 7.88. The summed E-state index contributed by atoms with van der Waals surface area (Å²) in [4.78, 5) is 23.8. The Kier molecular flexibility index (Phi) is 5.16. The summed E-state index contributed by atoms with van der Waals surface area (Å²) in [6, 6.07) is 11.9. The van der Waals surface area contributed by atoms with Crippen LogP contribution in [-0.4, -0.2) is 52.1 Å². The number of imidazole rings is 1. The minimum atomic E-state index is 0.185. The minimum Gasteiger partial charge on any atom is -0.383 e. The van der Waals surface area contributed by atoms with Crippen molar-refractivity contribution in [2.24, 2.45) is 0 Å². The largest absolute Gasteiger partial charge is 0.383 e. The number of methoxy groups -OCH3 is 1. The number of benzene rings is 1. The normalized spacial score (nSPS) is 16.9. The van der Waals surface area contributed by atoms with Crippen molar-refractivity contribution in [2.75, 3.05) is 26.8 Å². The Morgan fingerprint density at radius 2 is 2.11 bits per heavy atom. The summed E-state index contributed by atoms with van der Waals surface area (Å²) >= 11 is 0. The number of hydrogen-bond donors (Lipinski definition) is 0. The van der Waals surface area contributed by atoms with Gasteiger partial charge in [-0.05, 0) is 18.1 Å². The van der Waals surface area contributed by atoms with E-state index < -0.39 is 0 Å². The molecule has 0 N–H and O–H groups in total. The van der Waals surface area contributed by atoms with Crippen molar-refractivity contribution in [3.63, 3.8) is 0 Å². The van der Waals surface area contributed by atoms with Gasteiger partial charge in [-0.1, -0.05) is 30.3 Å². The first-order chi connectivity index (χ1) is 13.3. The van der Waals surface area contributed by atoms with Gasteiger partial charge in [0, 0.05) is 38.9 Å². The van der Waals surface area contributed by atoms with E-state index in [1.54, 1.807) is 13.3 Å². The van der Waals surface area contributed by atoms with Crippen LogP contribution in [0.2, 0.25) is 0 Å². The maximum atomic E-state index is 12.7. The number of carbonyl (C=O) groups is 1. The van der Waals surface area contributed by atoms with Crippen molar-refractivity contribution in [3.05, 3.63) is 60.2 Å². The zero-order valence-corrected chi connectivity index (χ0v) is 15.5. The topological polar surface area (TPSA) is 60.2 Å². The van der Waals surface area contributed by atoms with Crippen LogP contribution in [0.25, 0.3) is 11.0 Å². The molecule has 1 aliphatic rings. The molecule has 1 saturated heterocycles. The first-order valence-electron chi connectivity index (χ1n) is 9.37. The van der Waals surface area contributed by atoms with Gasteiger partial charge in [-0.25, -0.2) is 4.98 Å². The number of fused-ring (bicyclic) bond motifs is 1. The van der Waals surface area contributed by atoms with Crippen LogP contribution in [0.4, 0.5) is 0 Å². The molecule has 1 fully saturated rings. The molecule has 6 nitrogen and oxygen atoms in total. The molecule has 1 aromatic carbocycles. The fourth-order valence-corrected chi connectivity index (χ4v) is 3.80. The molecular weight excluding hydrogens is 340 g/mol. The van der Waals surface area contributed by atoms with Gasteiger partial charge >= 0.3 is 0 Å². The molecule has 0 saturated carbocycles. The summed E-state index contributed by atoms with van der Waals surface area (Å²) in [5, 5.41) is 0. The van der Waals surface area contributed by atoms with Crippen LogP contribution >= 0.6 is 0 Å². The van der Waals surface area contributed by atoms with E-state index in [0.29, 0.717) is 13.0 Å². The van der Waals surface area contributed by atoms with Crippen LogP contribution in [-0.2, 0) is 22.5 Å². The van der Waals surface area contributed by atoms with Gasteiger partial charge in [0.1, 0.15) is 5.82 Å². The van der Waals surface area contributed by atoms with Gasteiger partial charge in [-0.2, -0.15) is 0 Å². The first kappa shape index (κ1) is 17.7. The van der Waals surface area contributed by atoms with Crippen LogP contribution in [0.3, 0.4) is 0 Å². The fraction of sp³-hybridized carbons (Fsp3) is 0.381. The summed E-state index contributed by atoms with van der Waals surface area (Å²) in [6.07, 6.45) is 5.01. The standard InChI is InChI=1S/C21H24N4O2/c1-27-12-11-25-19-14-22-9-7-18(19)23-21(25)17-8-10-24(15-17)20(26)13-16-5-3-2-4-6-16/h2-7,9,14,17H,8,10-13,15H2,1H3/t17-/m1/s1. The second-order valence-electron chi connectivity index (χ2n) is 6.97. The Labute approximate surface area is 158 Å². The molecule has 0 spiro atoms. The summed E-state index contributed by atoms with van der Waals surface area (Å²) in [5.74, 6) is 1.46. The van der Waals surface area contributed by atoms with Crippen LogP contribution in [0.1, 0.15) is 23.7 Å². The lowest BCUT2D eigenvalue weighted by Gasteiger charge is -2.17. The van der Waals surface area contributed by atoms with E-state index in [9.17, 15) is 4.79 Å². The number of carbonyl (C=O) groups excluding carboxylic acids is 1. The van der Waals surface area contributed by atoms with Crippen LogP contribution < -0.4 is 0 Å². The summed E-state index contributed by atoms with van der Waals surface area (Å²) in [6.45, 7) is 2.86.